The van der Waals surface area contributed by atoms with E-state index in [4.69, 9.17) is 11.7 Å². The second-order valence-corrected chi connectivity index (χ2v) is 4.54. The van der Waals surface area contributed by atoms with Crippen LogP contribution in [0.4, 0.5) is 0 Å². The molecule has 1 aromatic carbocycles. The Labute approximate surface area is 105 Å². The highest BCUT2D eigenvalue weighted by atomic mass is 16.1. The van der Waals surface area contributed by atoms with Crippen molar-refractivity contribution in [2.75, 3.05) is 0 Å². The normalized spacial score (nSPS) is 24.2. The molecule has 18 heavy (non-hydrogen) atoms. The van der Waals surface area contributed by atoms with Crippen LogP contribution < -0.4 is 0 Å². The fourth-order valence-corrected chi connectivity index (χ4v) is 2.69. The zero-order valence-corrected chi connectivity index (χ0v) is 9.60. The zero-order valence-electron chi connectivity index (χ0n) is 9.60. The van der Waals surface area contributed by atoms with E-state index < -0.39 is 5.41 Å². The summed E-state index contributed by atoms with van der Waals surface area (Å²) in [5.41, 5.74) is 2.53. The molecule has 1 aromatic rings. The van der Waals surface area contributed by atoms with Crippen LogP contribution in [0.2, 0.25) is 0 Å². The van der Waals surface area contributed by atoms with Gasteiger partial charge in [0.15, 0.2) is 5.78 Å². The number of carbonyl (C=O) groups is 1. The van der Waals surface area contributed by atoms with Crippen molar-refractivity contribution in [2.45, 2.75) is 6.42 Å². The van der Waals surface area contributed by atoms with Gasteiger partial charge in [0.2, 0.25) is 0 Å². The fraction of sp³-hybridized carbons (Fsp3) is 0.125. The molecule has 0 saturated carbocycles. The summed E-state index contributed by atoms with van der Waals surface area (Å²) in [5.74, 6) is 2.51. The van der Waals surface area contributed by atoms with Crippen LogP contribution in [0.3, 0.4) is 0 Å². The number of hydrogen-bond donors (Lipinski definition) is 0. The second kappa shape index (κ2) is 3.45. The Morgan fingerprint density at radius 3 is 2.83 bits per heavy atom. The van der Waals surface area contributed by atoms with Crippen LogP contribution in [0.15, 0.2) is 42.0 Å². The molecular weight excluding hydrogens is 222 g/mol. The molecule has 0 heterocycles. The van der Waals surface area contributed by atoms with Crippen molar-refractivity contribution >= 4 is 11.4 Å². The van der Waals surface area contributed by atoms with Crippen molar-refractivity contribution in [3.05, 3.63) is 53.1 Å². The fourth-order valence-electron chi connectivity index (χ4n) is 2.69. The predicted octanol–water partition coefficient (Wildman–Crippen LogP) is 2.28. The summed E-state index contributed by atoms with van der Waals surface area (Å²) >= 11 is 0. The number of nitriles is 1. The van der Waals surface area contributed by atoms with Crippen molar-refractivity contribution in [1.29, 1.82) is 5.26 Å². The molecule has 0 saturated heterocycles. The second-order valence-electron chi connectivity index (χ2n) is 4.54. The van der Waals surface area contributed by atoms with E-state index >= 15 is 0 Å². The largest absolute Gasteiger partial charge is 0.288 e. The van der Waals surface area contributed by atoms with Crippen LogP contribution in [-0.2, 0) is 11.2 Å². The van der Waals surface area contributed by atoms with Gasteiger partial charge in [-0.2, -0.15) is 5.26 Å². The van der Waals surface area contributed by atoms with Crippen molar-refractivity contribution in [1.82, 2.24) is 0 Å². The van der Waals surface area contributed by atoms with Gasteiger partial charge in [-0.05, 0) is 35.3 Å². The van der Waals surface area contributed by atoms with E-state index in [1.165, 1.54) is 6.08 Å². The van der Waals surface area contributed by atoms with Crippen molar-refractivity contribution in [3.8, 4) is 18.4 Å². The monoisotopic (exact) mass is 231 g/mol. The van der Waals surface area contributed by atoms with Gasteiger partial charge in [0.05, 0.1) is 11.0 Å². The van der Waals surface area contributed by atoms with Gasteiger partial charge in [0.25, 0.3) is 0 Å². The Morgan fingerprint density at radius 1 is 1.33 bits per heavy atom. The first kappa shape index (κ1) is 10.6. The molecule has 0 amide bonds. The van der Waals surface area contributed by atoms with Crippen LogP contribution in [-0.4, -0.2) is 5.78 Å². The Kier molecular flexibility index (Phi) is 2.03. The van der Waals surface area contributed by atoms with E-state index in [2.05, 4.69) is 5.92 Å². The first-order valence-electron chi connectivity index (χ1n) is 5.66. The Hall–Kier alpha value is -2.58. The Bertz CT molecular complexity index is 709. The number of rotatable bonds is 0. The minimum Gasteiger partial charge on any atom is -0.288 e. The maximum absolute atomic E-state index is 11.8. The summed E-state index contributed by atoms with van der Waals surface area (Å²) in [7, 11) is 0. The van der Waals surface area contributed by atoms with Crippen LogP contribution in [0.1, 0.15) is 11.1 Å². The van der Waals surface area contributed by atoms with Gasteiger partial charge >= 0.3 is 0 Å². The van der Waals surface area contributed by atoms with E-state index in [1.54, 1.807) is 6.08 Å². The third-order valence-corrected chi connectivity index (χ3v) is 3.57. The summed E-state index contributed by atoms with van der Waals surface area (Å²) in [6.07, 6.45) is 9.48. The smallest absolute Gasteiger partial charge is 0.196 e. The van der Waals surface area contributed by atoms with Gasteiger partial charge in [-0.15, -0.1) is 6.42 Å². The third kappa shape index (κ3) is 1.21. The maximum atomic E-state index is 11.8. The average molecular weight is 231 g/mol. The molecule has 84 valence electrons. The van der Waals surface area contributed by atoms with E-state index in [0.29, 0.717) is 6.42 Å². The SMILES string of the molecule is C#CC12C=C(C#N)C(=O)C=C1c1ccccc1C2. The van der Waals surface area contributed by atoms with E-state index in [-0.39, 0.29) is 11.4 Å². The molecule has 0 bridgehead atoms. The first-order valence-corrected chi connectivity index (χ1v) is 5.66. The number of ketones is 1. The van der Waals surface area contributed by atoms with E-state index in [9.17, 15) is 4.79 Å². The van der Waals surface area contributed by atoms with Crippen molar-refractivity contribution < 1.29 is 4.79 Å². The van der Waals surface area contributed by atoms with Gasteiger partial charge in [-0.3, -0.25) is 4.79 Å². The molecule has 2 nitrogen and oxygen atoms in total. The number of terminal acetylenes is 1. The molecule has 0 radical (unpaired) electrons. The van der Waals surface area contributed by atoms with Crippen LogP contribution in [0.25, 0.3) is 5.57 Å². The third-order valence-electron chi connectivity index (χ3n) is 3.57. The number of nitrogens with zero attached hydrogens (tertiary/aromatic N) is 1. The highest BCUT2D eigenvalue weighted by Crippen LogP contribution is 2.49. The Balaban J connectivity index is 2.27. The molecular formula is C16H9NO. The van der Waals surface area contributed by atoms with Crippen LogP contribution in [0, 0.1) is 29.1 Å². The molecule has 2 heteroatoms. The summed E-state index contributed by atoms with van der Waals surface area (Å²) in [4.78, 5) is 11.8. The number of benzene rings is 1. The number of fused-ring (bicyclic) bond motifs is 3. The quantitative estimate of drug-likeness (QED) is 0.643. The molecule has 0 aromatic heterocycles. The summed E-state index contributed by atoms with van der Waals surface area (Å²) in [6.45, 7) is 0. The molecule has 2 aliphatic carbocycles. The molecule has 1 unspecified atom stereocenters. The molecule has 0 N–H and O–H groups in total. The molecule has 2 aliphatic rings. The number of allylic oxidation sites excluding steroid dienone is 4. The number of carbonyl (C=O) groups excluding carboxylic acids is 1. The van der Waals surface area contributed by atoms with Gasteiger partial charge < -0.3 is 0 Å². The first-order chi connectivity index (χ1) is 8.70. The lowest BCUT2D eigenvalue weighted by molar-refractivity contribution is -0.111. The highest BCUT2D eigenvalue weighted by molar-refractivity contribution is 6.14. The molecule has 3 rings (SSSR count). The minimum atomic E-state index is -0.622. The van der Waals surface area contributed by atoms with E-state index in [1.807, 2.05) is 30.3 Å². The highest BCUT2D eigenvalue weighted by Gasteiger charge is 2.42. The lowest BCUT2D eigenvalue weighted by atomic mass is 9.76. The summed E-state index contributed by atoms with van der Waals surface area (Å²) < 4.78 is 0. The van der Waals surface area contributed by atoms with Crippen molar-refractivity contribution in [2.24, 2.45) is 5.41 Å². The van der Waals surface area contributed by atoms with Gasteiger partial charge in [0, 0.05) is 0 Å². The van der Waals surface area contributed by atoms with Crippen LogP contribution in [0.5, 0.6) is 0 Å². The van der Waals surface area contributed by atoms with Crippen LogP contribution >= 0.6 is 0 Å². The molecule has 0 aliphatic heterocycles. The lowest BCUT2D eigenvalue weighted by Gasteiger charge is -2.24. The van der Waals surface area contributed by atoms with Gasteiger partial charge in [-0.25, -0.2) is 0 Å². The zero-order chi connectivity index (χ0) is 12.8. The molecule has 0 fully saturated rings. The predicted molar refractivity (Wildman–Crippen MR) is 68.1 cm³/mol. The van der Waals surface area contributed by atoms with Gasteiger partial charge in [0.1, 0.15) is 6.07 Å². The molecule has 1 atom stereocenters. The Morgan fingerprint density at radius 2 is 2.11 bits per heavy atom. The topological polar surface area (TPSA) is 40.9 Å². The van der Waals surface area contributed by atoms with Gasteiger partial charge in [-0.1, -0.05) is 30.2 Å². The maximum Gasteiger partial charge on any atom is 0.196 e. The minimum absolute atomic E-state index is 0.143. The number of hydrogen-bond acceptors (Lipinski definition) is 2. The summed E-state index contributed by atoms with van der Waals surface area (Å²) in [6, 6.07) is 9.79. The average Bonchev–Trinajstić information content (AvgIpc) is 2.72. The summed E-state index contributed by atoms with van der Waals surface area (Å²) in [5, 5.41) is 8.97. The lowest BCUT2D eigenvalue weighted by Crippen LogP contribution is -2.21. The standard InChI is InChI=1S/C16H9NO/c1-2-16-8-11-5-3-4-6-13(11)14(16)7-15(18)12(9-16)10-17/h1,3-7,9H,8H2. The van der Waals surface area contributed by atoms with Crippen molar-refractivity contribution in [3.63, 3.8) is 0 Å². The van der Waals surface area contributed by atoms with E-state index in [0.717, 1.165) is 16.7 Å². The molecule has 0 spiro atoms.